The first-order valence-corrected chi connectivity index (χ1v) is 10.2. The Morgan fingerprint density at radius 2 is 1.96 bits per heavy atom. The topological polar surface area (TPSA) is 82.6 Å². The van der Waals surface area contributed by atoms with Crippen molar-refractivity contribution < 1.29 is 14.4 Å². The lowest BCUT2D eigenvalue weighted by Crippen LogP contribution is -2.41. The first-order valence-electron chi connectivity index (χ1n) is 9.19. The molecule has 0 bridgehead atoms. The molecule has 7 nitrogen and oxygen atoms in total. The van der Waals surface area contributed by atoms with Gasteiger partial charge in [-0.2, -0.15) is 0 Å². The van der Waals surface area contributed by atoms with Gasteiger partial charge in [0.25, 0.3) is 5.91 Å². The van der Waals surface area contributed by atoms with Crippen LogP contribution in [0.1, 0.15) is 23.2 Å². The second-order valence-electron chi connectivity index (χ2n) is 6.71. The van der Waals surface area contributed by atoms with Gasteiger partial charge in [0.15, 0.2) is 0 Å². The van der Waals surface area contributed by atoms with Crippen LogP contribution >= 0.6 is 11.8 Å². The minimum absolute atomic E-state index is 0.0267. The number of nitrogens with zero attached hydrogens (tertiary/aromatic N) is 3. The van der Waals surface area contributed by atoms with Crippen molar-refractivity contribution in [1.29, 1.82) is 0 Å². The van der Waals surface area contributed by atoms with E-state index in [4.69, 9.17) is 0 Å². The summed E-state index contributed by atoms with van der Waals surface area (Å²) in [5.41, 5.74) is 1.16. The molecule has 144 valence electrons. The molecule has 0 radical (unpaired) electrons. The number of thioether (sulfide) groups is 1. The second-order valence-corrected chi connectivity index (χ2v) is 7.73. The first-order chi connectivity index (χ1) is 13.6. The number of fused-ring (bicyclic) bond motifs is 1. The van der Waals surface area contributed by atoms with Crippen molar-refractivity contribution in [3.8, 4) is 0 Å². The van der Waals surface area contributed by atoms with Crippen LogP contribution < -0.4 is 10.2 Å². The summed E-state index contributed by atoms with van der Waals surface area (Å²) < 4.78 is 0. The summed E-state index contributed by atoms with van der Waals surface area (Å²) in [7, 11) is 0. The standard InChI is InChI=1S/C20H20N4O3S/c25-18(22-17-5-1-2-8-21-17)12-24-15-11-14(20(27)23-9-3-4-10-23)6-7-16(15)28-13-19(24)26/h1-2,5-8,11H,3-4,9-10,12-13H2,(H,21,22,25). The van der Waals surface area contributed by atoms with Gasteiger partial charge in [0.05, 0.1) is 11.4 Å². The zero-order valence-corrected chi connectivity index (χ0v) is 16.1. The van der Waals surface area contributed by atoms with Crippen molar-refractivity contribution in [2.45, 2.75) is 17.7 Å². The van der Waals surface area contributed by atoms with Gasteiger partial charge in [-0.1, -0.05) is 6.07 Å². The number of pyridine rings is 1. The molecule has 28 heavy (non-hydrogen) atoms. The molecule has 1 saturated heterocycles. The molecular formula is C20H20N4O3S. The fraction of sp³-hybridized carbons (Fsp3) is 0.300. The molecule has 0 saturated carbocycles. The number of nitrogens with one attached hydrogen (secondary N) is 1. The van der Waals surface area contributed by atoms with Crippen molar-refractivity contribution in [2.75, 3.05) is 35.6 Å². The highest BCUT2D eigenvalue weighted by molar-refractivity contribution is 8.00. The number of amides is 3. The Hall–Kier alpha value is -2.87. The molecule has 0 aliphatic carbocycles. The van der Waals surface area contributed by atoms with Crippen molar-refractivity contribution in [3.63, 3.8) is 0 Å². The zero-order chi connectivity index (χ0) is 19.5. The average molecular weight is 396 g/mol. The van der Waals surface area contributed by atoms with Gasteiger partial charge in [-0.05, 0) is 43.2 Å². The Kier molecular flexibility index (Phi) is 5.29. The fourth-order valence-electron chi connectivity index (χ4n) is 3.37. The van der Waals surface area contributed by atoms with Crippen molar-refractivity contribution in [2.24, 2.45) is 0 Å². The maximum atomic E-state index is 12.7. The van der Waals surface area contributed by atoms with Gasteiger partial charge in [0.2, 0.25) is 11.8 Å². The van der Waals surface area contributed by atoms with E-state index in [2.05, 4.69) is 10.3 Å². The smallest absolute Gasteiger partial charge is 0.253 e. The largest absolute Gasteiger partial charge is 0.339 e. The lowest BCUT2D eigenvalue weighted by Gasteiger charge is -2.29. The normalized spacial score (nSPS) is 16.1. The maximum absolute atomic E-state index is 12.7. The average Bonchev–Trinajstić information content (AvgIpc) is 3.25. The predicted molar refractivity (Wildman–Crippen MR) is 108 cm³/mol. The molecule has 0 unspecified atom stereocenters. The second kappa shape index (κ2) is 8.02. The minimum Gasteiger partial charge on any atom is -0.339 e. The lowest BCUT2D eigenvalue weighted by molar-refractivity contribution is -0.120. The van der Waals surface area contributed by atoms with E-state index in [1.807, 2.05) is 11.0 Å². The molecule has 0 spiro atoms. The Morgan fingerprint density at radius 3 is 2.71 bits per heavy atom. The summed E-state index contributed by atoms with van der Waals surface area (Å²) in [6, 6.07) is 10.6. The summed E-state index contributed by atoms with van der Waals surface area (Å²) in [5.74, 6) is 0.190. The number of anilines is 2. The molecule has 1 aromatic carbocycles. The minimum atomic E-state index is -0.332. The number of rotatable bonds is 4. The van der Waals surface area contributed by atoms with E-state index in [1.165, 1.54) is 16.7 Å². The van der Waals surface area contributed by atoms with Crippen molar-refractivity contribution in [3.05, 3.63) is 48.2 Å². The summed E-state index contributed by atoms with van der Waals surface area (Å²) >= 11 is 1.42. The quantitative estimate of drug-likeness (QED) is 0.858. The monoisotopic (exact) mass is 396 g/mol. The number of benzene rings is 1. The molecular weight excluding hydrogens is 376 g/mol. The molecule has 3 amide bonds. The predicted octanol–water partition coefficient (Wildman–Crippen LogP) is 2.40. The molecule has 8 heteroatoms. The van der Waals surface area contributed by atoms with Crippen LogP contribution in [0.2, 0.25) is 0 Å². The van der Waals surface area contributed by atoms with Gasteiger partial charge < -0.3 is 15.1 Å². The molecule has 2 aliphatic heterocycles. The van der Waals surface area contributed by atoms with Gasteiger partial charge in [0, 0.05) is 29.7 Å². The number of likely N-dealkylation sites (tertiary alicyclic amines) is 1. The number of carbonyl (C=O) groups excluding carboxylic acids is 3. The molecule has 0 atom stereocenters. The van der Waals surface area contributed by atoms with Crippen LogP contribution in [0.3, 0.4) is 0 Å². The summed E-state index contributed by atoms with van der Waals surface area (Å²) in [5, 5.41) is 2.70. The van der Waals surface area contributed by atoms with E-state index in [0.29, 0.717) is 17.1 Å². The number of hydrogen-bond acceptors (Lipinski definition) is 5. The highest BCUT2D eigenvalue weighted by Gasteiger charge is 2.28. The summed E-state index contributed by atoms with van der Waals surface area (Å²) in [6.07, 6.45) is 3.62. The van der Waals surface area contributed by atoms with Crippen LogP contribution in [0.4, 0.5) is 11.5 Å². The number of carbonyl (C=O) groups is 3. The molecule has 2 aliphatic rings. The molecule has 4 rings (SSSR count). The van der Waals surface area contributed by atoms with Crippen LogP contribution in [-0.4, -0.2) is 53.0 Å². The summed E-state index contributed by atoms with van der Waals surface area (Å²) in [4.78, 5) is 45.9. The van der Waals surface area contributed by atoms with Gasteiger partial charge in [-0.25, -0.2) is 4.98 Å². The summed E-state index contributed by atoms with van der Waals surface area (Å²) in [6.45, 7) is 1.41. The zero-order valence-electron chi connectivity index (χ0n) is 15.3. The third-order valence-corrected chi connectivity index (χ3v) is 5.82. The Morgan fingerprint density at radius 1 is 1.14 bits per heavy atom. The fourth-order valence-corrected chi connectivity index (χ4v) is 4.29. The molecule has 1 fully saturated rings. The van der Waals surface area contributed by atoms with E-state index in [1.54, 1.807) is 36.5 Å². The van der Waals surface area contributed by atoms with Crippen LogP contribution in [0, 0.1) is 0 Å². The highest BCUT2D eigenvalue weighted by Crippen LogP contribution is 2.36. The van der Waals surface area contributed by atoms with Crippen molar-refractivity contribution >= 4 is 41.0 Å². The Balaban J connectivity index is 1.55. The van der Waals surface area contributed by atoms with Crippen LogP contribution in [0.25, 0.3) is 0 Å². The third kappa shape index (κ3) is 3.87. The van der Waals surface area contributed by atoms with Crippen LogP contribution in [0.5, 0.6) is 0 Å². The highest BCUT2D eigenvalue weighted by atomic mass is 32.2. The van der Waals surface area contributed by atoms with Gasteiger partial charge in [-0.15, -0.1) is 11.8 Å². The molecule has 1 aromatic heterocycles. The van der Waals surface area contributed by atoms with Crippen molar-refractivity contribution in [1.82, 2.24) is 9.88 Å². The van der Waals surface area contributed by atoms with Gasteiger partial charge in [0.1, 0.15) is 12.4 Å². The molecule has 2 aromatic rings. The Labute approximate surface area is 167 Å². The maximum Gasteiger partial charge on any atom is 0.253 e. The van der Waals surface area contributed by atoms with Gasteiger partial charge in [-0.3, -0.25) is 14.4 Å². The molecule has 1 N–H and O–H groups in total. The number of hydrogen-bond donors (Lipinski definition) is 1. The lowest BCUT2D eigenvalue weighted by atomic mass is 10.1. The molecule has 3 heterocycles. The van der Waals surface area contributed by atoms with Crippen LogP contribution in [-0.2, 0) is 9.59 Å². The van der Waals surface area contributed by atoms with Gasteiger partial charge >= 0.3 is 0 Å². The van der Waals surface area contributed by atoms with E-state index < -0.39 is 0 Å². The SMILES string of the molecule is O=C(CN1C(=O)CSc2ccc(C(=O)N3CCCC3)cc21)Nc1ccccn1. The third-order valence-electron chi connectivity index (χ3n) is 4.78. The van der Waals surface area contributed by atoms with E-state index in [0.717, 1.165) is 30.8 Å². The van der Waals surface area contributed by atoms with E-state index >= 15 is 0 Å². The van der Waals surface area contributed by atoms with E-state index in [-0.39, 0.29) is 30.0 Å². The first kappa shape index (κ1) is 18.5. The van der Waals surface area contributed by atoms with E-state index in [9.17, 15) is 14.4 Å². The Bertz CT molecular complexity index is 913. The number of aromatic nitrogens is 1. The van der Waals surface area contributed by atoms with Crippen LogP contribution in [0.15, 0.2) is 47.5 Å².